The molecule has 0 saturated carbocycles. The Hall–Kier alpha value is -1.38. The predicted molar refractivity (Wildman–Crippen MR) is 52.6 cm³/mol. The highest BCUT2D eigenvalue weighted by Crippen LogP contribution is 2.11. The molecule has 0 amide bonds. The molecular formula is C10H13N3. The van der Waals surface area contributed by atoms with Gasteiger partial charge >= 0.3 is 0 Å². The van der Waals surface area contributed by atoms with E-state index < -0.39 is 0 Å². The van der Waals surface area contributed by atoms with E-state index in [1.54, 1.807) is 6.20 Å². The van der Waals surface area contributed by atoms with E-state index in [4.69, 9.17) is 0 Å². The maximum Gasteiger partial charge on any atom is 0.158 e. The van der Waals surface area contributed by atoms with Crippen LogP contribution in [0.3, 0.4) is 0 Å². The number of rotatable bonds is 2. The molecule has 3 nitrogen and oxygen atoms in total. The van der Waals surface area contributed by atoms with Crippen molar-refractivity contribution in [1.82, 2.24) is 14.5 Å². The molecule has 0 unspecified atom stereocenters. The molecule has 0 aromatic carbocycles. The van der Waals surface area contributed by atoms with Crippen LogP contribution in [0.25, 0.3) is 11.2 Å². The Morgan fingerprint density at radius 3 is 3.08 bits per heavy atom. The third-order valence-corrected chi connectivity index (χ3v) is 2.05. The molecule has 13 heavy (non-hydrogen) atoms. The molecule has 2 rings (SSSR count). The van der Waals surface area contributed by atoms with Gasteiger partial charge in [-0.05, 0) is 19.4 Å². The van der Waals surface area contributed by atoms with Gasteiger partial charge in [0.25, 0.3) is 0 Å². The van der Waals surface area contributed by atoms with E-state index in [9.17, 15) is 0 Å². The van der Waals surface area contributed by atoms with Gasteiger partial charge in [-0.2, -0.15) is 0 Å². The fourth-order valence-corrected chi connectivity index (χ4v) is 1.46. The van der Waals surface area contributed by atoms with E-state index in [0.717, 1.165) is 29.8 Å². The van der Waals surface area contributed by atoms with Crippen molar-refractivity contribution in [3.63, 3.8) is 0 Å². The molecule has 2 heterocycles. The molecule has 2 aromatic heterocycles. The first kappa shape index (κ1) is 8.23. The van der Waals surface area contributed by atoms with Crippen LogP contribution >= 0.6 is 0 Å². The van der Waals surface area contributed by atoms with Crippen molar-refractivity contribution < 1.29 is 0 Å². The molecule has 0 bridgehead atoms. The van der Waals surface area contributed by atoms with Gasteiger partial charge in [0.15, 0.2) is 5.65 Å². The third kappa shape index (κ3) is 1.41. The van der Waals surface area contributed by atoms with Gasteiger partial charge in [-0.1, -0.05) is 6.92 Å². The van der Waals surface area contributed by atoms with Crippen molar-refractivity contribution in [1.29, 1.82) is 0 Å². The lowest BCUT2D eigenvalue weighted by Gasteiger charge is -2.01. The van der Waals surface area contributed by atoms with Crippen LogP contribution in [0.4, 0.5) is 0 Å². The minimum absolute atomic E-state index is 0.976. The highest BCUT2D eigenvalue weighted by atomic mass is 15.0. The molecule has 0 radical (unpaired) electrons. The zero-order valence-corrected chi connectivity index (χ0v) is 7.99. The summed E-state index contributed by atoms with van der Waals surface area (Å²) in [6.07, 6.45) is 4.98. The van der Waals surface area contributed by atoms with E-state index in [0.29, 0.717) is 0 Å². The summed E-state index contributed by atoms with van der Waals surface area (Å²) >= 11 is 0. The molecule has 0 spiro atoms. The maximum absolute atomic E-state index is 4.45. The fourth-order valence-electron chi connectivity index (χ4n) is 1.46. The van der Waals surface area contributed by atoms with Crippen molar-refractivity contribution in [2.24, 2.45) is 0 Å². The second kappa shape index (κ2) is 3.17. The van der Waals surface area contributed by atoms with Crippen molar-refractivity contribution in [2.75, 3.05) is 0 Å². The Labute approximate surface area is 77.4 Å². The minimum Gasteiger partial charge on any atom is -0.331 e. The van der Waals surface area contributed by atoms with E-state index in [1.807, 2.05) is 19.2 Å². The zero-order valence-electron chi connectivity index (χ0n) is 7.99. The summed E-state index contributed by atoms with van der Waals surface area (Å²) in [5.74, 6) is 0. The summed E-state index contributed by atoms with van der Waals surface area (Å²) < 4.78 is 2.15. The van der Waals surface area contributed by atoms with Crippen molar-refractivity contribution in [2.45, 2.75) is 26.8 Å². The minimum atomic E-state index is 0.976. The molecule has 0 aliphatic carbocycles. The highest BCUT2D eigenvalue weighted by Gasteiger charge is 2.01. The standard InChI is InChI=1S/C10H13N3/c1-3-5-13-6-4-9-10(13)12-8(2)7-11-9/h4,6-7H,3,5H2,1-2H3. The fraction of sp³-hybridized carbons (Fsp3) is 0.400. The monoisotopic (exact) mass is 175 g/mol. The first-order valence-electron chi connectivity index (χ1n) is 4.59. The first-order valence-corrected chi connectivity index (χ1v) is 4.59. The summed E-state index contributed by atoms with van der Waals surface area (Å²) in [5, 5.41) is 0. The Morgan fingerprint density at radius 1 is 1.46 bits per heavy atom. The number of fused-ring (bicyclic) bond motifs is 1. The van der Waals surface area contributed by atoms with Gasteiger partial charge in [-0.15, -0.1) is 0 Å². The number of hydrogen-bond acceptors (Lipinski definition) is 2. The largest absolute Gasteiger partial charge is 0.331 e. The Morgan fingerprint density at radius 2 is 2.31 bits per heavy atom. The normalized spacial score (nSPS) is 10.9. The molecular weight excluding hydrogens is 162 g/mol. The molecule has 68 valence electrons. The molecule has 0 fully saturated rings. The lowest BCUT2D eigenvalue weighted by atomic mass is 10.4. The van der Waals surface area contributed by atoms with Gasteiger partial charge in [0.2, 0.25) is 0 Å². The Kier molecular flexibility index (Phi) is 2.00. The number of aromatic nitrogens is 3. The summed E-state index contributed by atoms with van der Waals surface area (Å²) in [6.45, 7) is 5.15. The average molecular weight is 175 g/mol. The van der Waals surface area contributed by atoms with Crippen LogP contribution in [0.15, 0.2) is 18.5 Å². The van der Waals surface area contributed by atoms with E-state index in [2.05, 4.69) is 21.5 Å². The second-order valence-electron chi connectivity index (χ2n) is 3.23. The lowest BCUT2D eigenvalue weighted by molar-refractivity contribution is 0.696. The summed E-state index contributed by atoms with van der Waals surface area (Å²) in [4.78, 5) is 8.75. The van der Waals surface area contributed by atoms with Crippen LogP contribution in [-0.2, 0) is 6.54 Å². The van der Waals surface area contributed by atoms with Crippen LogP contribution in [0.1, 0.15) is 19.0 Å². The smallest absolute Gasteiger partial charge is 0.158 e. The first-order chi connectivity index (χ1) is 6.31. The Bertz CT molecular complexity index is 417. The molecule has 2 aromatic rings. The highest BCUT2D eigenvalue weighted by molar-refractivity contribution is 5.70. The van der Waals surface area contributed by atoms with Crippen LogP contribution in [0.2, 0.25) is 0 Å². The molecule has 3 heteroatoms. The van der Waals surface area contributed by atoms with Crippen molar-refractivity contribution in [3.05, 3.63) is 24.2 Å². The summed E-state index contributed by atoms with van der Waals surface area (Å²) in [6, 6.07) is 2.01. The van der Waals surface area contributed by atoms with Gasteiger partial charge < -0.3 is 4.57 Å². The summed E-state index contributed by atoms with van der Waals surface area (Å²) in [5.41, 5.74) is 2.96. The third-order valence-electron chi connectivity index (χ3n) is 2.05. The zero-order chi connectivity index (χ0) is 9.26. The topological polar surface area (TPSA) is 30.7 Å². The van der Waals surface area contributed by atoms with Gasteiger partial charge in [0, 0.05) is 18.9 Å². The van der Waals surface area contributed by atoms with E-state index in [-0.39, 0.29) is 0 Å². The van der Waals surface area contributed by atoms with Crippen LogP contribution in [-0.4, -0.2) is 14.5 Å². The second-order valence-corrected chi connectivity index (χ2v) is 3.23. The number of hydrogen-bond donors (Lipinski definition) is 0. The SMILES string of the molecule is CCCn1ccc2ncc(C)nc21. The molecule has 0 atom stereocenters. The van der Waals surface area contributed by atoms with Gasteiger partial charge in [-0.25, -0.2) is 4.98 Å². The average Bonchev–Trinajstić information content (AvgIpc) is 2.49. The quantitative estimate of drug-likeness (QED) is 0.700. The predicted octanol–water partition coefficient (Wildman–Crippen LogP) is 2.15. The van der Waals surface area contributed by atoms with Gasteiger partial charge in [0.1, 0.15) is 5.52 Å². The molecule has 0 aliphatic heterocycles. The van der Waals surface area contributed by atoms with Crippen molar-refractivity contribution in [3.8, 4) is 0 Å². The number of nitrogens with zero attached hydrogens (tertiary/aromatic N) is 3. The van der Waals surface area contributed by atoms with Crippen LogP contribution in [0, 0.1) is 6.92 Å². The Balaban J connectivity index is 2.58. The molecule has 0 aliphatic rings. The maximum atomic E-state index is 4.45. The molecule has 0 saturated heterocycles. The summed E-state index contributed by atoms with van der Waals surface area (Å²) in [7, 11) is 0. The van der Waals surface area contributed by atoms with Crippen LogP contribution in [0.5, 0.6) is 0 Å². The lowest BCUT2D eigenvalue weighted by Crippen LogP contribution is -1.97. The van der Waals surface area contributed by atoms with E-state index >= 15 is 0 Å². The van der Waals surface area contributed by atoms with Gasteiger partial charge in [0.05, 0.1) is 5.69 Å². The van der Waals surface area contributed by atoms with E-state index in [1.165, 1.54) is 0 Å². The number of aryl methyl sites for hydroxylation is 2. The van der Waals surface area contributed by atoms with Gasteiger partial charge in [-0.3, -0.25) is 4.98 Å². The molecule has 0 N–H and O–H groups in total. The van der Waals surface area contributed by atoms with Crippen molar-refractivity contribution >= 4 is 11.2 Å². The van der Waals surface area contributed by atoms with Crippen LogP contribution < -0.4 is 0 Å².